The lowest BCUT2D eigenvalue weighted by atomic mass is 10.1. The highest BCUT2D eigenvalue weighted by molar-refractivity contribution is 5.21. The van der Waals surface area contributed by atoms with Gasteiger partial charge in [-0.1, -0.05) is 30.3 Å². The first kappa shape index (κ1) is 10.3. The minimum atomic E-state index is 0.118. The molecular weight excluding hydrogens is 212 g/mol. The van der Waals surface area contributed by atoms with Gasteiger partial charge in [-0.25, -0.2) is 0 Å². The molecule has 3 heteroatoms. The Labute approximate surface area is 100 Å². The van der Waals surface area contributed by atoms with Gasteiger partial charge in [0.05, 0.1) is 0 Å². The number of aromatic nitrogens is 2. The number of ether oxygens (including phenoxy) is 1. The van der Waals surface area contributed by atoms with Gasteiger partial charge in [0, 0.05) is 18.2 Å². The molecule has 17 heavy (non-hydrogen) atoms. The summed E-state index contributed by atoms with van der Waals surface area (Å²) in [4.78, 5) is 0. The van der Waals surface area contributed by atoms with Gasteiger partial charge in [-0.3, -0.25) is 0 Å². The average Bonchev–Trinajstić information content (AvgIpc) is 3.23. The Morgan fingerprint density at radius 2 is 1.88 bits per heavy atom. The number of benzene rings is 1. The summed E-state index contributed by atoms with van der Waals surface area (Å²) in [6.07, 6.45) is 4.24. The molecule has 0 bridgehead atoms. The molecule has 1 aromatic heterocycles. The first-order valence-corrected chi connectivity index (χ1v) is 5.93. The summed E-state index contributed by atoms with van der Waals surface area (Å²) in [6.45, 7) is 0. The standard InChI is InChI=1S/C14H14N2O/c1-2-5-11(6-3-1)14(12-8-9-12)17-13-7-4-10-15-16-13/h1-7,10,12,14H,8-9H2. The Morgan fingerprint density at radius 3 is 2.53 bits per heavy atom. The van der Waals surface area contributed by atoms with E-state index in [0.717, 1.165) is 0 Å². The lowest BCUT2D eigenvalue weighted by Crippen LogP contribution is -2.10. The van der Waals surface area contributed by atoms with Crippen LogP contribution in [0.15, 0.2) is 48.7 Å². The van der Waals surface area contributed by atoms with Crippen LogP contribution in [0.4, 0.5) is 0 Å². The highest BCUT2D eigenvalue weighted by Gasteiger charge is 2.34. The van der Waals surface area contributed by atoms with Crippen LogP contribution in [-0.2, 0) is 0 Å². The quantitative estimate of drug-likeness (QED) is 0.803. The van der Waals surface area contributed by atoms with Crippen LogP contribution >= 0.6 is 0 Å². The van der Waals surface area contributed by atoms with Crippen molar-refractivity contribution in [2.24, 2.45) is 5.92 Å². The highest BCUT2D eigenvalue weighted by atomic mass is 16.5. The molecule has 1 fully saturated rings. The zero-order chi connectivity index (χ0) is 11.5. The van der Waals surface area contributed by atoms with Crippen LogP contribution in [0.25, 0.3) is 0 Å². The normalized spacial score (nSPS) is 16.5. The van der Waals surface area contributed by atoms with Gasteiger partial charge < -0.3 is 4.74 Å². The summed E-state index contributed by atoms with van der Waals surface area (Å²) < 4.78 is 5.95. The molecule has 1 aromatic carbocycles. The summed E-state index contributed by atoms with van der Waals surface area (Å²) in [7, 11) is 0. The molecule has 86 valence electrons. The van der Waals surface area contributed by atoms with Gasteiger partial charge in [-0.05, 0) is 24.5 Å². The molecule has 1 atom stereocenters. The fourth-order valence-electron chi connectivity index (χ4n) is 1.96. The Kier molecular flexibility index (Phi) is 2.74. The number of nitrogens with zero attached hydrogens (tertiary/aromatic N) is 2. The van der Waals surface area contributed by atoms with Gasteiger partial charge in [0.25, 0.3) is 0 Å². The van der Waals surface area contributed by atoms with E-state index in [4.69, 9.17) is 4.74 Å². The maximum atomic E-state index is 5.95. The molecule has 2 aromatic rings. The van der Waals surface area contributed by atoms with Crippen molar-refractivity contribution >= 4 is 0 Å². The molecule has 3 rings (SSSR count). The van der Waals surface area contributed by atoms with Crippen LogP contribution < -0.4 is 4.74 Å². The largest absolute Gasteiger partial charge is 0.468 e. The summed E-state index contributed by atoms with van der Waals surface area (Å²) in [6, 6.07) is 14.0. The average molecular weight is 226 g/mol. The summed E-state index contributed by atoms with van der Waals surface area (Å²) in [5.74, 6) is 1.23. The van der Waals surface area contributed by atoms with Crippen molar-refractivity contribution < 1.29 is 4.74 Å². The number of rotatable bonds is 4. The molecule has 0 saturated heterocycles. The Morgan fingerprint density at radius 1 is 1.06 bits per heavy atom. The molecule has 3 nitrogen and oxygen atoms in total. The van der Waals surface area contributed by atoms with E-state index < -0.39 is 0 Å². The van der Waals surface area contributed by atoms with Crippen LogP contribution in [0.1, 0.15) is 24.5 Å². The molecule has 1 aliphatic carbocycles. The molecule has 0 N–H and O–H groups in total. The predicted molar refractivity (Wildman–Crippen MR) is 64.6 cm³/mol. The zero-order valence-corrected chi connectivity index (χ0v) is 9.49. The van der Waals surface area contributed by atoms with Crippen LogP contribution in [0.5, 0.6) is 5.88 Å². The minimum absolute atomic E-state index is 0.118. The van der Waals surface area contributed by atoms with Crippen molar-refractivity contribution in [1.82, 2.24) is 10.2 Å². The Balaban J connectivity index is 1.82. The molecular formula is C14H14N2O. The molecule has 1 saturated carbocycles. The van der Waals surface area contributed by atoms with Gasteiger partial charge in [0.1, 0.15) is 6.10 Å². The van der Waals surface area contributed by atoms with Gasteiger partial charge >= 0.3 is 0 Å². The molecule has 0 radical (unpaired) electrons. The fourth-order valence-corrected chi connectivity index (χ4v) is 1.96. The fraction of sp³-hybridized carbons (Fsp3) is 0.286. The summed E-state index contributed by atoms with van der Waals surface area (Å²) in [5, 5.41) is 7.82. The number of hydrogen-bond donors (Lipinski definition) is 0. The minimum Gasteiger partial charge on any atom is -0.468 e. The second kappa shape index (κ2) is 4.53. The summed E-state index contributed by atoms with van der Waals surface area (Å²) >= 11 is 0. The monoisotopic (exact) mass is 226 g/mol. The molecule has 1 aliphatic rings. The van der Waals surface area contributed by atoms with Gasteiger partial charge in [-0.2, -0.15) is 5.10 Å². The summed E-state index contributed by atoms with van der Waals surface area (Å²) in [5.41, 5.74) is 1.22. The van der Waals surface area contributed by atoms with Crippen molar-refractivity contribution in [3.05, 3.63) is 54.2 Å². The second-order valence-corrected chi connectivity index (χ2v) is 4.35. The first-order valence-electron chi connectivity index (χ1n) is 5.93. The van der Waals surface area contributed by atoms with E-state index in [1.807, 2.05) is 30.3 Å². The lowest BCUT2D eigenvalue weighted by molar-refractivity contribution is 0.171. The van der Waals surface area contributed by atoms with E-state index in [2.05, 4.69) is 22.3 Å². The van der Waals surface area contributed by atoms with Crippen LogP contribution in [0, 0.1) is 5.92 Å². The lowest BCUT2D eigenvalue weighted by Gasteiger charge is -2.17. The Bertz CT molecular complexity index is 468. The van der Waals surface area contributed by atoms with Crippen molar-refractivity contribution in [3.63, 3.8) is 0 Å². The third-order valence-electron chi connectivity index (χ3n) is 2.97. The van der Waals surface area contributed by atoms with Crippen molar-refractivity contribution in [2.45, 2.75) is 18.9 Å². The molecule has 0 spiro atoms. The van der Waals surface area contributed by atoms with Crippen molar-refractivity contribution in [2.75, 3.05) is 0 Å². The smallest absolute Gasteiger partial charge is 0.233 e. The predicted octanol–water partition coefficient (Wildman–Crippen LogP) is 3.01. The van der Waals surface area contributed by atoms with Crippen molar-refractivity contribution in [1.29, 1.82) is 0 Å². The van der Waals surface area contributed by atoms with E-state index in [1.165, 1.54) is 18.4 Å². The SMILES string of the molecule is c1ccc(C(Oc2cccnn2)C2CC2)cc1. The van der Waals surface area contributed by atoms with Crippen LogP contribution in [0.2, 0.25) is 0 Å². The van der Waals surface area contributed by atoms with E-state index >= 15 is 0 Å². The van der Waals surface area contributed by atoms with E-state index in [9.17, 15) is 0 Å². The molecule has 1 heterocycles. The zero-order valence-electron chi connectivity index (χ0n) is 9.49. The third kappa shape index (κ3) is 2.44. The van der Waals surface area contributed by atoms with Gasteiger partial charge in [0.2, 0.25) is 5.88 Å². The van der Waals surface area contributed by atoms with Crippen LogP contribution in [-0.4, -0.2) is 10.2 Å². The second-order valence-electron chi connectivity index (χ2n) is 4.35. The molecule has 1 unspecified atom stereocenters. The molecule has 0 aliphatic heterocycles. The van der Waals surface area contributed by atoms with E-state index in [-0.39, 0.29) is 6.10 Å². The third-order valence-corrected chi connectivity index (χ3v) is 2.97. The highest BCUT2D eigenvalue weighted by Crippen LogP contribution is 2.43. The first-order chi connectivity index (χ1) is 8.43. The molecule has 0 amide bonds. The Hall–Kier alpha value is -1.90. The van der Waals surface area contributed by atoms with Gasteiger partial charge in [-0.15, -0.1) is 5.10 Å². The van der Waals surface area contributed by atoms with Crippen molar-refractivity contribution in [3.8, 4) is 5.88 Å². The van der Waals surface area contributed by atoms with E-state index in [0.29, 0.717) is 11.8 Å². The maximum Gasteiger partial charge on any atom is 0.233 e. The maximum absolute atomic E-state index is 5.95. The topological polar surface area (TPSA) is 35.0 Å². The van der Waals surface area contributed by atoms with E-state index in [1.54, 1.807) is 6.20 Å². The van der Waals surface area contributed by atoms with Crippen LogP contribution in [0.3, 0.4) is 0 Å². The van der Waals surface area contributed by atoms with Gasteiger partial charge in [0.15, 0.2) is 0 Å². The number of hydrogen-bond acceptors (Lipinski definition) is 3.